The van der Waals surface area contributed by atoms with Gasteiger partial charge in [-0.25, -0.2) is 0 Å². The third kappa shape index (κ3) is 2.62. The molecule has 1 aromatic carbocycles. The molecule has 3 rings (SSSR count). The largest absolute Gasteiger partial charge is 0.310 e. The first-order valence-corrected chi connectivity index (χ1v) is 7.63. The molecule has 0 aromatic heterocycles. The maximum absolute atomic E-state index is 3.77. The number of hydrogen-bond acceptors (Lipinski definition) is 1. The van der Waals surface area contributed by atoms with E-state index in [0.717, 1.165) is 12.5 Å². The Morgan fingerprint density at radius 3 is 2.89 bits per heavy atom. The molecule has 0 spiro atoms. The smallest absolute Gasteiger partial charge is 0.0208 e. The Hall–Kier alpha value is -1.08. The van der Waals surface area contributed by atoms with Gasteiger partial charge in [0.2, 0.25) is 0 Å². The topological polar surface area (TPSA) is 12.0 Å². The molecule has 3 atom stereocenters. The number of rotatable bonds is 4. The van der Waals surface area contributed by atoms with Crippen LogP contribution in [0.5, 0.6) is 0 Å². The van der Waals surface area contributed by atoms with E-state index in [9.17, 15) is 0 Å². The van der Waals surface area contributed by atoms with Crippen molar-refractivity contribution in [2.45, 2.75) is 52.1 Å². The number of fused-ring (bicyclic) bond motifs is 2. The molecule has 0 saturated heterocycles. The fraction of sp³-hybridized carbons (Fsp3) is 0.556. The maximum atomic E-state index is 3.77. The predicted molar refractivity (Wildman–Crippen MR) is 80.9 cm³/mol. The fourth-order valence-corrected chi connectivity index (χ4v) is 4.06. The van der Waals surface area contributed by atoms with Crippen molar-refractivity contribution in [3.05, 3.63) is 47.5 Å². The highest BCUT2D eigenvalue weighted by Crippen LogP contribution is 2.51. The summed E-state index contributed by atoms with van der Waals surface area (Å²) in [6.45, 7) is 5.79. The van der Waals surface area contributed by atoms with E-state index >= 15 is 0 Å². The van der Waals surface area contributed by atoms with Gasteiger partial charge in [0, 0.05) is 12.6 Å². The van der Waals surface area contributed by atoms with Crippen LogP contribution in [0.25, 0.3) is 0 Å². The second-order valence-corrected chi connectivity index (χ2v) is 6.71. The van der Waals surface area contributed by atoms with Gasteiger partial charge >= 0.3 is 0 Å². The molecule has 1 saturated carbocycles. The van der Waals surface area contributed by atoms with E-state index in [1.165, 1.54) is 31.2 Å². The summed E-state index contributed by atoms with van der Waals surface area (Å²) < 4.78 is 0. The Kier molecular flexibility index (Phi) is 3.49. The SMILES string of the molecule is CC1CC2=CCC([C@@H](C)NCc3ccccc3)(C2)C1. The van der Waals surface area contributed by atoms with Gasteiger partial charge in [0.1, 0.15) is 0 Å². The van der Waals surface area contributed by atoms with E-state index in [1.54, 1.807) is 5.57 Å². The lowest BCUT2D eigenvalue weighted by atomic mass is 9.67. The highest BCUT2D eigenvalue weighted by Gasteiger charge is 2.43. The average molecular weight is 255 g/mol. The molecule has 19 heavy (non-hydrogen) atoms. The van der Waals surface area contributed by atoms with Crippen molar-refractivity contribution >= 4 is 0 Å². The monoisotopic (exact) mass is 255 g/mol. The minimum absolute atomic E-state index is 0.502. The highest BCUT2D eigenvalue weighted by molar-refractivity contribution is 5.21. The molecule has 0 radical (unpaired) electrons. The van der Waals surface area contributed by atoms with Crippen molar-refractivity contribution in [1.29, 1.82) is 0 Å². The molecule has 2 unspecified atom stereocenters. The lowest BCUT2D eigenvalue weighted by Gasteiger charge is -2.41. The van der Waals surface area contributed by atoms with Crippen LogP contribution in [-0.2, 0) is 6.54 Å². The van der Waals surface area contributed by atoms with Gasteiger partial charge < -0.3 is 5.32 Å². The molecule has 0 heterocycles. The Morgan fingerprint density at radius 1 is 1.32 bits per heavy atom. The molecule has 1 heteroatoms. The number of benzene rings is 1. The first kappa shape index (κ1) is 12.9. The van der Waals surface area contributed by atoms with Gasteiger partial charge in [-0.2, -0.15) is 0 Å². The molecule has 2 aliphatic rings. The molecular formula is C18H25N. The van der Waals surface area contributed by atoms with E-state index < -0.39 is 0 Å². The molecule has 1 aromatic rings. The Morgan fingerprint density at radius 2 is 2.11 bits per heavy atom. The summed E-state index contributed by atoms with van der Waals surface area (Å²) in [5.41, 5.74) is 3.61. The Bertz CT molecular complexity index is 462. The first-order chi connectivity index (χ1) is 9.18. The minimum atomic E-state index is 0.502. The number of hydrogen-bond donors (Lipinski definition) is 1. The van der Waals surface area contributed by atoms with Crippen LogP contribution in [0, 0.1) is 11.3 Å². The molecule has 102 valence electrons. The Balaban J connectivity index is 1.63. The quantitative estimate of drug-likeness (QED) is 0.791. The highest BCUT2D eigenvalue weighted by atomic mass is 14.9. The van der Waals surface area contributed by atoms with Crippen molar-refractivity contribution < 1.29 is 0 Å². The van der Waals surface area contributed by atoms with Crippen molar-refractivity contribution in [2.24, 2.45) is 11.3 Å². The summed E-state index contributed by atoms with van der Waals surface area (Å²) in [4.78, 5) is 0. The standard InChI is InChI=1S/C18H25N/c1-14-10-17-8-9-18(11-14,12-17)15(2)19-13-16-6-4-3-5-7-16/h3-8,14-15,19H,9-13H2,1-2H3/t14?,15-,18?/m1/s1. The summed E-state index contributed by atoms with van der Waals surface area (Å²) in [5.74, 6) is 0.864. The molecule has 2 bridgehead atoms. The third-order valence-electron chi connectivity index (χ3n) is 5.12. The average Bonchev–Trinajstić information content (AvgIpc) is 2.74. The van der Waals surface area contributed by atoms with E-state index in [0.29, 0.717) is 11.5 Å². The van der Waals surface area contributed by atoms with Crippen LogP contribution < -0.4 is 5.32 Å². The van der Waals surface area contributed by atoms with Crippen molar-refractivity contribution in [1.82, 2.24) is 5.32 Å². The molecule has 0 amide bonds. The van der Waals surface area contributed by atoms with Crippen LogP contribution in [0.4, 0.5) is 0 Å². The lowest BCUT2D eigenvalue weighted by Crippen LogP contribution is -2.44. The van der Waals surface area contributed by atoms with Gasteiger partial charge in [-0.3, -0.25) is 0 Å². The van der Waals surface area contributed by atoms with Gasteiger partial charge in [0.25, 0.3) is 0 Å². The zero-order valence-electron chi connectivity index (χ0n) is 12.2. The molecule has 1 nitrogen and oxygen atoms in total. The van der Waals surface area contributed by atoms with Gasteiger partial charge in [0.05, 0.1) is 0 Å². The molecule has 2 aliphatic carbocycles. The summed E-state index contributed by atoms with van der Waals surface area (Å²) in [6, 6.07) is 11.3. The van der Waals surface area contributed by atoms with Crippen molar-refractivity contribution in [3.8, 4) is 0 Å². The number of nitrogens with one attached hydrogen (secondary N) is 1. The summed E-state index contributed by atoms with van der Waals surface area (Å²) >= 11 is 0. The predicted octanol–water partition coefficient (Wildman–Crippen LogP) is 4.30. The van der Waals surface area contributed by atoms with Gasteiger partial charge in [0.15, 0.2) is 0 Å². The van der Waals surface area contributed by atoms with Crippen LogP contribution in [0.2, 0.25) is 0 Å². The van der Waals surface area contributed by atoms with Crippen LogP contribution >= 0.6 is 0 Å². The van der Waals surface area contributed by atoms with Crippen LogP contribution in [-0.4, -0.2) is 6.04 Å². The van der Waals surface area contributed by atoms with Crippen LogP contribution in [0.15, 0.2) is 42.0 Å². The zero-order valence-corrected chi connectivity index (χ0v) is 12.2. The maximum Gasteiger partial charge on any atom is 0.0208 e. The second kappa shape index (κ2) is 5.13. The van der Waals surface area contributed by atoms with Crippen LogP contribution in [0.3, 0.4) is 0 Å². The number of allylic oxidation sites excluding steroid dienone is 2. The summed E-state index contributed by atoms with van der Waals surface area (Å²) in [7, 11) is 0. The van der Waals surface area contributed by atoms with E-state index in [2.05, 4.69) is 55.6 Å². The fourth-order valence-electron chi connectivity index (χ4n) is 4.06. The second-order valence-electron chi connectivity index (χ2n) is 6.71. The summed E-state index contributed by atoms with van der Waals surface area (Å²) in [6.07, 6.45) is 7.86. The lowest BCUT2D eigenvalue weighted by molar-refractivity contribution is 0.146. The summed E-state index contributed by atoms with van der Waals surface area (Å²) in [5, 5.41) is 3.77. The minimum Gasteiger partial charge on any atom is -0.310 e. The van der Waals surface area contributed by atoms with Crippen molar-refractivity contribution in [2.75, 3.05) is 0 Å². The van der Waals surface area contributed by atoms with E-state index in [-0.39, 0.29) is 0 Å². The third-order valence-corrected chi connectivity index (χ3v) is 5.12. The van der Waals surface area contributed by atoms with Gasteiger partial charge in [-0.15, -0.1) is 0 Å². The van der Waals surface area contributed by atoms with Gasteiger partial charge in [-0.05, 0) is 49.5 Å². The molecular weight excluding hydrogens is 230 g/mol. The van der Waals surface area contributed by atoms with Crippen molar-refractivity contribution in [3.63, 3.8) is 0 Å². The molecule has 1 fully saturated rings. The molecule has 0 aliphatic heterocycles. The normalized spacial score (nSPS) is 31.1. The Labute approximate surface area is 117 Å². The van der Waals surface area contributed by atoms with E-state index in [4.69, 9.17) is 0 Å². The molecule has 1 N–H and O–H groups in total. The van der Waals surface area contributed by atoms with Gasteiger partial charge in [-0.1, -0.05) is 48.9 Å². The first-order valence-electron chi connectivity index (χ1n) is 7.63. The van der Waals surface area contributed by atoms with E-state index in [1.807, 2.05) is 0 Å². The van der Waals surface area contributed by atoms with Crippen LogP contribution in [0.1, 0.15) is 45.1 Å². The zero-order chi connectivity index (χ0) is 13.3.